The van der Waals surface area contributed by atoms with E-state index in [1.54, 1.807) is 0 Å². The monoisotopic (exact) mass is 248 g/mol. The first kappa shape index (κ1) is 16.9. The minimum absolute atomic E-state index is 0. The van der Waals surface area contributed by atoms with Gasteiger partial charge in [-0.2, -0.15) is 0 Å². The Morgan fingerprint density at radius 2 is 1.09 bits per heavy atom. The van der Waals surface area contributed by atoms with Crippen molar-refractivity contribution in [2.75, 3.05) is 0 Å². The molecule has 4 nitrogen and oxygen atoms in total. The summed E-state index contributed by atoms with van der Waals surface area (Å²) in [6.07, 6.45) is 0.222. The number of hydrogen-bond acceptors (Lipinski definition) is 4. The average Bonchev–Trinajstić information content (AvgIpc) is 1.89. The molecule has 0 aliphatic carbocycles. The van der Waals surface area contributed by atoms with Gasteiger partial charge in [0.05, 0.1) is 0 Å². The van der Waals surface area contributed by atoms with Gasteiger partial charge in [-0.3, -0.25) is 0 Å². The van der Waals surface area contributed by atoms with Gasteiger partial charge in [-0.05, 0) is 12.8 Å². The normalized spacial score (nSPS) is 6.73. The third-order valence-electron chi connectivity index (χ3n) is 0.577. The van der Waals surface area contributed by atoms with E-state index in [4.69, 9.17) is 0 Å². The van der Waals surface area contributed by atoms with Crippen LogP contribution in [0.1, 0.15) is 26.7 Å². The van der Waals surface area contributed by atoms with E-state index in [9.17, 15) is 19.8 Å². The molecule has 0 aromatic heterocycles. The zero-order valence-corrected chi connectivity index (χ0v) is 8.14. The molecule has 0 amide bonds. The molecule has 66 valence electrons. The molecule has 0 saturated heterocycles. The first-order valence-corrected chi connectivity index (χ1v) is 2.94. The Bertz CT molecular complexity index is 99.1. The minimum Gasteiger partial charge on any atom is -0.550 e. The molecule has 11 heavy (non-hydrogen) atoms. The summed E-state index contributed by atoms with van der Waals surface area (Å²) in [5, 5.41) is 18.5. The van der Waals surface area contributed by atoms with Gasteiger partial charge in [0.15, 0.2) is 0 Å². The molecule has 0 spiro atoms. The van der Waals surface area contributed by atoms with Crippen LogP contribution >= 0.6 is 0 Å². The molecule has 0 atom stereocenters. The Hall–Kier alpha value is -0.437. The molecule has 5 heteroatoms. The molecule has 0 N–H and O–H groups in total. The topological polar surface area (TPSA) is 80.3 Å². The number of carboxylic acids is 2. The first-order valence-electron chi connectivity index (χ1n) is 2.94. The maximum atomic E-state index is 9.26. The third kappa shape index (κ3) is 43.1. The number of hydrogen-bond donors (Lipinski definition) is 0. The second-order valence-corrected chi connectivity index (χ2v) is 1.45. The molecule has 0 unspecified atom stereocenters. The summed E-state index contributed by atoms with van der Waals surface area (Å²) in [5.74, 6) is -1.99. The van der Waals surface area contributed by atoms with Crippen LogP contribution in [0.25, 0.3) is 0 Å². The van der Waals surface area contributed by atoms with Gasteiger partial charge in [0.1, 0.15) is 0 Å². The Kier molecular flexibility index (Phi) is 18.8. The third-order valence-corrected chi connectivity index (χ3v) is 0.577. The molecule has 0 aliphatic heterocycles. The van der Waals surface area contributed by atoms with E-state index in [0.29, 0.717) is 0 Å². The van der Waals surface area contributed by atoms with Gasteiger partial charge in [0, 0.05) is 11.9 Å². The van der Waals surface area contributed by atoms with Crippen molar-refractivity contribution in [3.8, 4) is 0 Å². The summed E-state index contributed by atoms with van der Waals surface area (Å²) in [4.78, 5) is 18.5. The smallest absolute Gasteiger partial charge is 0.550 e. The first-order chi connectivity index (χ1) is 4.54. The number of rotatable bonds is 2. The Balaban J connectivity index is -0.000000107. The molecule has 0 heterocycles. The summed E-state index contributed by atoms with van der Waals surface area (Å²) < 4.78 is 0. The summed E-state index contributed by atoms with van der Waals surface area (Å²) >= 11 is 0. The van der Waals surface area contributed by atoms with Crippen molar-refractivity contribution in [2.24, 2.45) is 0 Å². The molecule has 0 aliphatic rings. The van der Waals surface area contributed by atoms with Gasteiger partial charge in [0.2, 0.25) is 0 Å². The van der Waals surface area contributed by atoms with Crippen molar-refractivity contribution >= 4 is 11.9 Å². The van der Waals surface area contributed by atoms with E-state index in [1.165, 1.54) is 13.8 Å². The van der Waals surface area contributed by atoms with Crippen molar-refractivity contribution in [3.05, 3.63) is 0 Å². The number of carbonyl (C=O) groups is 2. The summed E-state index contributed by atoms with van der Waals surface area (Å²) in [5.41, 5.74) is 0. The maximum absolute atomic E-state index is 9.26. The molecule has 0 aromatic carbocycles. The maximum Gasteiger partial charge on any atom is 2.00 e. The fourth-order valence-electron chi connectivity index (χ4n) is 0. The van der Waals surface area contributed by atoms with E-state index < -0.39 is 11.9 Å². The van der Waals surface area contributed by atoms with Crippen LogP contribution in [-0.2, 0) is 29.1 Å². The van der Waals surface area contributed by atoms with Gasteiger partial charge in [-0.25, -0.2) is 0 Å². The van der Waals surface area contributed by atoms with Crippen LogP contribution in [0, 0.1) is 0 Å². The van der Waals surface area contributed by atoms with Crippen molar-refractivity contribution < 1.29 is 39.3 Å². The number of carbonyl (C=O) groups excluding carboxylic acids is 2. The molecule has 0 fully saturated rings. The second kappa shape index (κ2) is 12.3. The molecule has 0 radical (unpaired) electrons. The summed E-state index contributed by atoms with van der Waals surface area (Å²) in [6.45, 7) is 3.07. The standard InChI is InChI=1S/2C3H6O2.Ru/c2*1-2-3(4)5;/h2*2H2,1H3,(H,4,5);/q;;+2/p-2. The van der Waals surface area contributed by atoms with Crippen LogP contribution < -0.4 is 10.2 Å². The quantitative estimate of drug-likeness (QED) is 0.544. The van der Waals surface area contributed by atoms with E-state index >= 15 is 0 Å². The van der Waals surface area contributed by atoms with Crippen molar-refractivity contribution in [1.29, 1.82) is 0 Å². The molecular formula is C6H10O4Ru. The molecule has 0 saturated carbocycles. The minimum atomic E-state index is -0.995. The summed E-state index contributed by atoms with van der Waals surface area (Å²) in [6, 6.07) is 0. The van der Waals surface area contributed by atoms with Gasteiger partial charge < -0.3 is 19.8 Å². The molecule has 0 bridgehead atoms. The van der Waals surface area contributed by atoms with Gasteiger partial charge in [0.25, 0.3) is 0 Å². The fourth-order valence-corrected chi connectivity index (χ4v) is 0. The Morgan fingerprint density at radius 3 is 1.09 bits per heavy atom. The van der Waals surface area contributed by atoms with Crippen LogP contribution in [0.15, 0.2) is 0 Å². The fraction of sp³-hybridized carbons (Fsp3) is 0.667. The van der Waals surface area contributed by atoms with Crippen molar-refractivity contribution in [2.45, 2.75) is 26.7 Å². The van der Waals surface area contributed by atoms with Gasteiger partial charge in [-0.15, -0.1) is 0 Å². The molecule has 0 aromatic rings. The van der Waals surface area contributed by atoms with E-state index in [2.05, 4.69) is 0 Å². The zero-order chi connectivity index (χ0) is 8.57. The van der Waals surface area contributed by atoms with E-state index in [0.717, 1.165) is 0 Å². The van der Waals surface area contributed by atoms with Gasteiger partial charge >= 0.3 is 19.5 Å². The Labute approximate surface area is 78.4 Å². The van der Waals surface area contributed by atoms with Gasteiger partial charge in [-0.1, -0.05) is 13.8 Å². The Morgan fingerprint density at radius 1 is 1.00 bits per heavy atom. The van der Waals surface area contributed by atoms with Crippen LogP contribution in [0.4, 0.5) is 0 Å². The largest absolute Gasteiger partial charge is 2.00 e. The van der Waals surface area contributed by atoms with Crippen LogP contribution in [0.3, 0.4) is 0 Å². The summed E-state index contributed by atoms with van der Waals surface area (Å²) in [7, 11) is 0. The SMILES string of the molecule is CCC(=O)[O-].CCC(=O)[O-].[Ru+2]. The van der Waals surface area contributed by atoms with E-state index in [-0.39, 0.29) is 32.3 Å². The second-order valence-electron chi connectivity index (χ2n) is 1.45. The molecule has 0 rings (SSSR count). The molecular weight excluding hydrogens is 237 g/mol. The van der Waals surface area contributed by atoms with Crippen LogP contribution in [0.2, 0.25) is 0 Å². The van der Waals surface area contributed by atoms with Crippen molar-refractivity contribution in [1.82, 2.24) is 0 Å². The predicted octanol–water partition coefficient (Wildman–Crippen LogP) is -1.71. The van der Waals surface area contributed by atoms with Crippen molar-refractivity contribution in [3.63, 3.8) is 0 Å². The number of carboxylic acid groups (broad SMARTS) is 2. The average molecular weight is 247 g/mol. The number of aliphatic carboxylic acids is 2. The van der Waals surface area contributed by atoms with E-state index in [1.807, 2.05) is 0 Å². The zero-order valence-electron chi connectivity index (χ0n) is 6.40. The van der Waals surface area contributed by atoms with Crippen LogP contribution in [0.5, 0.6) is 0 Å². The van der Waals surface area contributed by atoms with Crippen LogP contribution in [-0.4, -0.2) is 11.9 Å². The predicted molar refractivity (Wildman–Crippen MR) is 30.6 cm³/mol.